The fourth-order valence-electron chi connectivity index (χ4n) is 5.30. The number of nitrogens with zero attached hydrogens (tertiary/aromatic N) is 2. The summed E-state index contributed by atoms with van der Waals surface area (Å²) in [5.41, 5.74) is 1.57. The minimum Gasteiger partial charge on any atom is -0.490 e. The Hall–Kier alpha value is -0.820. The van der Waals surface area contributed by atoms with Crippen molar-refractivity contribution >= 4 is 33.3 Å². The molecule has 0 N–H and O–H groups in total. The summed E-state index contributed by atoms with van der Waals surface area (Å²) in [4.78, 5) is 10.1. The van der Waals surface area contributed by atoms with Gasteiger partial charge in [0.25, 0.3) is 0 Å². The van der Waals surface area contributed by atoms with E-state index < -0.39 is 0 Å². The van der Waals surface area contributed by atoms with Gasteiger partial charge in [-0.1, -0.05) is 6.92 Å². The van der Waals surface area contributed by atoms with E-state index in [0.717, 1.165) is 50.9 Å². The van der Waals surface area contributed by atoms with Gasteiger partial charge >= 0.3 is 0 Å². The van der Waals surface area contributed by atoms with Crippen LogP contribution in [0.3, 0.4) is 0 Å². The lowest BCUT2D eigenvalue weighted by atomic mass is 9.91. The number of morpholine rings is 1. The number of aryl methyl sites for hydroxylation is 1. The molecule has 1 aliphatic heterocycles. The zero-order valence-corrected chi connectivity index (χ0v) is 19.0. The molecule has 0 amide bonds. The minimum absolute atomic E-state index is 0.346. The Kier molecular flexibility index (Phi) is 6.33. The second-order valence-electron chi connectivity index (χ2n) is 8.52. The number of thioether (sulfide) groups is 1. The Labute approximate surface area is 182 Å². The van der Waals surface area contributed by atoms with Gasteiger partial charge in [-0.3, -0.25) is 4.90 Å². The van der Waals surface area contributed by atoms with Crippen LogP contribution < -0.4 is 4.74 Å². The van der Waals surface area contributed by atoms with Gasteiger partial charge in [-0.05, 0) is 61.8 Å². The maximum atomic E-state index is 6.66. The largest absolute Gasteiger partial charge is 0.490 e. The Balaban J connectivity index is 1.30. The molecule has 3 aliphatic rings. The molecule has 2 aromatic heterocycles. The smallest absolute Gasteiger partial charge is 0.131 e. The molecule has 0 aromatic carbocycles. The molecule has 1 saturated carbocycles. The van der Waals surface area contributed by atoms with E-state index in [2.05, 4.69) is 29.7 Å². The molecule has 4 nitrogen and oxygen atoms in total. The number of thiophene rings is 1. The summed E-state index contributed by atoms with van der Waals surface area (Å²) in [5.74, 6) is 4.19. The van der Waals surface area contributed by atoms with Gasteiger partial charge in [0.2, 0.25) is 0 Å². The second-order valence-corrected chi connectivity index (χ2v) is 10.9. The highest BCUT2D eigenvalue weighted by atomic mass is 32.2. The van der Waals surface area contributed by atoms with E-state index in [1.54, 1.807) is 10.4 Å². The van der Waals surface area contributed by atoms with Crippen molar-refractivity contribution in [2.24, 2.45) is 0 Å². The summed E-state index contributed by atoms with van der Waals surface area (Å²) in [6.45, 7) is 6.24. The van der Waals surface area contributed by atoms with Crippen LogP contribution in [0.25, 0.3) is 10.2 Å². The van der Waals surface area contributed by atoms with Crippen LogP contribution in [0.15, 0.2) is 12.3 Å². The minimum atomic E-state index is 0.346. The lowest BCUT2D eigenvalue weighted by Gasteiger charge is -2.38. The van der Waals surface area contributed by atoms with E-state index in [-0.39, 0.29) is 0 Å². The molecule has 29 heavy (non-hydrogen) atoms. The number of pyridine rings is 1. The molecule has 0 bridgehead atoms. The van der Waals surface area contributed by atoms with E-state index in [1.165, 1.54) is 47.4 Å². The third kappa shape index (κ3) is 4.18. The van der Waals surface area contributed by atoms with Gasteiger partial charge in [0.05, 0.1) is 24.7 Å². The first-order valence-corrected chi connectivity index (χ1v) is 13.3. The number of hydrogen-bond acceptors (Lipinski definition) is 6. The van der Waals surface area contributed by atoms with Crippen LogP contribution in [0.4, 0.5) is 0 Å². The van der Waals surface area contributed by atoms with Crippen molar-refractivity contribution in [2.75, 3.05) is 37.8 Å². The van der Waals surface area contributed by atoms with Gasteiger partial charge < -0.3 is 9.47 Å². The summed E-state index contributed by atoms with van der Waals surface area (Å²) in [6, 6.07) is 2.84. The van der Waals surface area contributed by atoms with Crippen molar-refractivity contribution in [1.82, 2.24) is 9.88 Å². The normalized spacial score (nSPS) is 28.0. The molecule has 0 radical (unpaired) electrons. The SMILES string of the molecule is CCSC[C@H]1CCc2sc3nccc(O[C@H]4CC[C@H](N5CCOCC5)CC4)c3c21. The predicted molar refractivity (Wildman–Crippen MR) is 123 cm³/mol. The van der Waals surface area contributed by atoms with Crippen LogP contribution in [0.1, 0.15) is 55.4 Å². The van der Waals surface area contributed by atoms with Gasteiger partial charge in [0.1, 0.15) is 10.6 Å². The van der Waals surface area contributed by atoms with E-state index in [0.29, 0.717) is 12.0 Å². The Morgan fingerprint density at radius 2 is 2.03 bits per heavy atom. The molecule has 1 saturated heterocycles. The standard InChI is InChI=1S/C23H32N2O2S2/c1-2-28-15-16-3-8-20-21(16)22-19(9-10-24-23(22)29-20)27-18-6-4-17(5-7-18)25-11-13-26-14-12-25/h9-10,16-18H,2-8,11-15H2,1H3/t16-,17-,18-/m1/s1. The third-order valence-electron chi connectivity index (χ3n) is 6.82. The molecule has 2 fully saturated rings. The summed E-state index contributed by atoms with van der Waals surface area (Å²) in [6.07, 6.45) is 9.61. The lowest BCUT2D eigenvalue weighted by molar-refractivity contribution is -0.000919. The van der Waals surface area contributed by atoms with Crippen molar-refractivity contribution in [1.29, 1.82) is 0 Å². The number of hydrogen-bond donors (Lipinski definition) is 0. The van der Waals surface area contributed by atoms with Crippen molar-refractivity contribution in [3.63, 3.8) is 0 Å². The molecule has 158 valence electrons. The molecule has 1 atom stereocenters. The van der Waals surface area contributed by atoms with Gasteiger partial charge in [0, 0.05) is 36.0 Å². The average Bonchev–Trinajstić information content (AvgIpc) is 3.33. The molecule has 2 aliphatic carbocycles. The quantitative estimate of drug-likeness (QED) is 0.634. The Bertz CT molecular complexity index is 826. The summed E-state index contributed by atoms with van der Waals surface area (Å²) in [5, 5.41) is 1.34. The first-order valence-electron chi connectivity index (χ1n) is 11.3. The van der Waals surface area contributed by atoms with Crippen LogP contribution in [0.5, 0.6) is 5.75 Å². The molecular formula is C23H32N2O2S2. The first kappa shape index (κ1) is 20.1. The average molecular weight is 433 g/mol. The van der Waals surface area contributed by atoms with Gasteiger partial charge in [0.15, 0.2) is 0 Å². The summed E-state index contributed by atoms with van der Waals surface area (Å²) in [7, 11) is 0. The van der Waals surface area contributed by atoms with Crippen LogP contribution in [-0.2, 0) is 11.2 Å². The van der Waals surface area contributed by atoms with Crippen LogP contribution in [0.2, 0.25) is 0 Å². The van der Waals surface area contributed by atoms with Crippen LogP contribution >= 0.6 is 23.1 Å². The summed E-state index contributed by atoms with van der Waals surface area (Å²) < 4.78 is 12.2. The van der Waals surface area contributed by atoms with Crippen LogP contribution in [-0.4, -0.2) is 59.8 Å². The van der Waals surface area contributed by atoms with Crippen molar-refractivity contribution < 1.29 is 9.47 Å². The van der Waals surface area contributed by atoms with E-state index in [9.17, 15) is 0 Å². The van der Waals surface area contributed by atoms with Crippen LogP contribution in [0, 0.1) is 0 Å². The fraction of sp³-hybridized carbons (Fsp3) is 0.696. The number of aromatic nitrogens is 1. The monoisotopic (exact) mass is 432 g/mol. The van der Waals surface area contributed by atoms with E-state index in [4.69, 9.17) is 14.5 Å². The molecule has 0 spiro atoms. The molecule has 3 heterocycles. The third-order valence-corrected chi connectivity index (χ3v) is 9.04. The van der Waals surface area contributed by atoms with Gasteiger partial charge in [-0.15, -0.1) is 11.3 Å². The number of fused-ring (bicyclic) bond motifs is 3. The van der Waals surface area contributed by atoms with Gasteiger partial charge in [-0.25, -0.2) is 4.98 Å². The Morgan fingerprint density at radius 1 is 1.21 bits per heavy atom. The molecule has 2 aromatic rings. The maximum absolute atomic E-state index is 6.66. The molecular weight excluding hydrogens is 400 g/mol. The highest BCUT2D eigenvalue weighted by Gasteiger charge is 2.31. The summed E-state index contributed by atoms with van der Waals surface area (Å²) >= 11 is 3.97. The van der Waals surface area contributed by atoms with E-state index >= 15 is 0 Å². The van der Waals surface area contributed by atoms with Crippen molar-refractivity contribution in [3.05, 3.63) is 22.7 Å². The highest BCUT2D eigenvalue weighted by Crippen LogP contribution is 2.47. The molecule has 5 rings (SSSR count). The van der Waals surface area contributed by atoms with Crippen molar-refractivity contribution in [2.45, 2.75) is 63.5 Å². The fourth-order valence-corrected chi connectivity index (χ4v) is 7.42. The van der Waals surface area contributed by atoms with Gasteiger partial charge in [-0.2, -0.15) is 11.8 Å². The first-order chi connectivity index (χ1) is 14.3. The zero-order chi connectivity index (χ0) is 19.6. The number of rotatable bonds is 6. The molecule has 6 heteroatoms. The molecule has 0 unspecified atom stereocenters. The predicted octanol–water partition coefficient (Wildman–Crippen LogP) is 5.10. The number of ether oxygens (including phenoxy) is 2. The Morgan fingerprint density at radius 3 is 2.83 bits per heavy atom. The second kappa shape index (κ2) is 9.13. The maximum Gasteiger partial charge on any atom is 0.131 e. The van der Waals surface area contributed by atoms with E-state index in [1.807, 2.05) is 17.5 Å². The highest BCUT2D eigenvalue weighted by molar-refractivity contribution is 7.99. The zero-order valence-electron chi connectivity index (χ0n) is 17.4. The van der Waals surface area contributed by atoms with Crippen molar-refractivity contribution in [3.8, 4) is 5.75 Å². The lowest BCUT2D eigenvalue weighted by Crippen LogP contribution is -2.46. The topological polar surface area (TPSA) is 34.6 Å².